The average Bonchev–Trinajstić information content (AvgIpc) is 3.80. The van der Waals surface area contributed by atoms with Crippen LogP contribution >= 0.6 is 0 Å². The highest BCUT2D eigenvalue weighted by Gasteiger charge is 2.49. The summed E-state index contributed by atoms with van der Waals surface area (Å²) in [4.78, 5) is 18.4. The van der Waals surface area contributed by atoms with Crippen LogP contribution in [0.2, 0.25) is 0 Å². The first kappa shape index (κ1) is 30.5. The quantitative estimate of drug-likeness (QED) is 0.232. The fraction of sp³-hybridized carbons (Fsp3) is 0.472. The number of halogens is 3. The van der Waals surface area contributed by atoms with Crippen LogP contribution in [0.1, 0.15) is 51.4 Å². The van der Waals surface area contributed by atoms with Gasteiger partial charge in [0.15, 0.2) is 5.82 Å². The molecule has 3 aromatic heterocycles. The van der Waals surface area contributed by atoms with Crippen molar-refractivity contribution >= 4 is 27.5 Å². The Kier molecular flexibility index (Phi) is 7.36. The molecule has 5 aliphatic rings. The Morgan fingerprint density at radius 3 is 2.82 bits per heavy atom. The lowest BCUT2D eigenvalue weighted by Gasteiger charge is -2.34. The highest BCUT2D eigenvalue weighted by Crippen LogP contribution is 2.43. The molecule has 10 nitrogen and oxygen atoms in total. The fourth-order valence-corrected chi connectivity index (χ4v) is 8.75. The zero-order chi connectivity index (χ0) is 33.3. The van der Waals surface area contributed by atoms with Crippen LogP contribution < -0.4 is 9.64 Å². The number of aromatic nitrogens is 6. The minimum atomic E-state index is -0.912. The minimum absolute atomic E-state index is 0.0178. The van der Waals surface area contributed by atoms with Crippen LogP contribution in [0.5, 0.6) is 11.8 Å². The molecule has 254 valence electrons. The van der Waals surface area contributed by atoms with E-state index in [4.69, 9.17) is 9.72 Å². The maximum absolute atomic E-state index is 17.1. The van der Waals surface area contributed by atoms with Crippen LogP contribution in [0, 0.1) is 17.6 Å². The highest BCUT2D eigenvalue weighted by molar-refractivity contribution is 6.07. The standard InChI is InChI=1S/C36H37F3N8O2/c37-23-15-36(9-4-11-46(36)18-23)20-49-35-41-33-26-16-40-32(31(33)39)25-14-24(48)13-22-7-8-27(38)30(29(22)25)28-19-47(44-43-28)12-2-1-5-21-6-3-10-45(17-21)34(26)42-35/h7-8,13-14,16,19,21,23,48H,1-6,9-12,15,17-18,20H2. The number of piperidine rings is 1. The molecular formula is C36H37F3N8O2. The molecule has 3 atom stereocenters. The first-order chi connectivity index (χ1) is 23.8. The number of fused-ring (bicyclic) bond motifs is 5. The molecule has 5 aromatic rings. The van der Waals surface area contributed by atoms with E-state index in [9.17, 15) is 9.50 Å². The van der Waals surface area contributed by atoms with Gasteiger partial charge in [0, 0.05) is 55.3 Å². The largest absolute Gasteiger partial charge is 0.508 e. The van der Waals surface area contributed by atoms with E-state index in [2.05, 4.69) is 30.1 Å². The molecule has 0 spiro atoms. The molecule has 3 unspecified atom stereocenters. The Morgan fingerprint density at radius 2 is 1.90 bits per heavy atom. The summed E-state index contributed by atoms with van der Waals surface area (Å²) >= 11 is 0. The van der Waals surface area contributed by atoms with E-state index >= 15 is 8.78 Å². The number of benzene rings is 2. The summed E-state index contributed by atoms with van der Waals surface area (Å²) in [6, 6.07) is 5.78. The zero-order valence-electron chi connectivity index (χ0n) is 27.1. The van der Waals surface area contributed by atoms with E-state index in [0.717, 1.165) is 64.6 Å². The van der Waals surface area contributed by atoms with Crippen molar-refractivity contribution in [2.75, 3.05) is 37.7 Å². The number of anilines is 1. The van der Waals surface area contributed by atoms with Crippen molar-refractivity contribution in [3.05, 3.63) is 48.3 Å². The predicted molar refractivity (Wildman–Crippen MR) is 178 cm³/mol. The van der Waals surface area contributed by atoms with E-state index in [1.807, 2.05) is 0 Å². The smallest absolute Gasteiger partial charge is 0.319 e. The minimum Gasteiger partial charge on any atom is -0.508 e. The molecule has 0 saturated carbocycles. The normalized spacial score (nSPS) is 24.1. The second-order valence-corrected chi connectivity index (χ2v) is 14.2. The third-order valence-electron chi connectivity index (χ3n) is 11.0. The van der Waals surface area contributed by atoms with Crippen molar-refractivity contribution in [2.45, 2.75) is 69.6 Å². The van der Waals surface area contributed by atoms with Crippen LogP contribution in [-0.2, 0) is 6.54 Å². The number of aromatic hydroxyl groups is 1. The number of hydrogen-bond donors (Lipinski definition) is 1. The van der Waals surface area contributed by atoms with E-state index < -0.39 is 23.3 Å². The van der Waals surface area contributed by atoms with Gasteiger partial charge in [0.2, 0.25) is 0 Å². The number of phenols is 1. The molecule has 2 aromatic carbocycles. The summed E-state index contributed by atoms with van der Waals surface area (Å²) in [6.45, 7) is 3.56. The first-order valence-electron chi connectivity index (χ1n) is 17.3. The Hall–Kier alpha value is -4.52. The summed E-state index contributed by atoms with van der Waals surface area (Å²) in [5, 5.41) is 20.7. The summed E-state index contributed by atoms with van der Waals surface area (Å²) in [7, 11) is 0. The number of aryl methyl sites for hydroxylation is 1. The maximum Gasteiger partial charge on any atom is 0.319 e. The van der Waals surface area contributed by atoms with Crippen molar-refractivity contribution < 1.29 is 23.0 Å². The average molecular weight is 671 g/mol. The van der Waals surface area contributed by atoms with Gasteiger partial charge in [-0.1, -0.05) is 17.7 Å². The second kappa shape index (κ2) is 11.8. The van der Waals surface area contributed by atoms with E-state index in [0.29, 0.717) is 53.1 Å². The van der Waals surface area contributed by atoms with Gasteiger partial charge >= 0.3 is 6.01 Å². The van der Waals surface area contributed by atoms with Gasteiger partial charge in [-0.05, 0) is 74.6 Å². The SMILES string of the molecule is Oc1cc2c3c(c(F)ccc3c1)-c1cn(nn1)CCCCC1CCCN(C1)c1nc(OCC34CCCN3CC(F)C4)nc3c(F)c-2ncc13. The van der Waals surface area contributed by atoms with Crippen molar-refractivity contribution in [1.82, 2.24) is 34.8 Å². The van der Waals surface area contributed by atoms with Crippen LogP contribution in [0.3, 0.4) is 0 Å². The van der Waals surface area contributed by atoms with Gasteiger partial charge < -0.3 is 14.7 Å². The van der Waals surface area contributed by atoms with Crippen molar-refractivity contribution in [1.29, 1.82) is 0 Å². The summed E-state index contributed by atoms with van der Waals surface area (Å²) < 4.78 is 55.5. The number of phenolic OH excluding ortho intramolecular Hbond substituents is 1. The molecule has 0 amide bonds. The number of ether oxygens (including phenoxy) is 1. The summed E-state index contributed by atoms with van der Waals surface area (Å²) in [5.41, 5.74) is 0.145. The van der Waals surface area contributed by atoms with Gasteiger partial charge in [0.05, 0.1) is 17.1 Å². The van der Waals surface area contributed by atoms with Crippen LogP contribution in [0.15, 0.2) is 36.7 Å². The Labute approximate surface area is 280 Å². The van der Waals surface area contributed by atoms with Crippen LogP contribution in [-0.4, -0.2) is 84.4 Å². The molecule has 10 rings (SSSR count). The molecule has 0 radical (unpaired) electrons. The number of pyridine rings is 1. The highest BCUT2D eigenvalue weighted by atomic mass is 19.1. The summed E-state index contributed by atoms with van der Waals surface area (Å²) in [5.74, 6) is -0.443. The topological polar surface area (TPSA) is 105 Å². The lowest BCUT2D eigenvalue weighted by Crippen LogP contribution is -2.43. The van der Waals surface area contributed by atoms with Crippen molar-refractivity contribution in [3.63, 3.8) is 0 Å². The maximum atomic E-state index is 17.1. The second-order valence-electron chi connectivity index (χ2n) is 14.2. The number of hydrogen-bond acceptors (Lipinski definition) is 9. The van der Waals surface area contributed by atoms with E-state index in [1.54, 1.807) is 23.1 Å². The van der Waals surface area contributed by atoms with E-state index in [1.165, 1.54) is 18.2 Å². The molecule has 1 N–H and O–H groups in total. The van der Waals surface area contributed by atoms with Gasteiger partial charge in [-0.2, -0.15) is 9.97 Å². The Morgan fingerprint density at radius 1 is 1.00 bits per heavy atom. The third kappa shape index (κ3) is 5.24. The van der Waals surface area contributed by atoms with Crippen molar-refractivity contribution in [2.24, 2.45) is 5.92 Å². The van der Waals surface area contributed by atoms with Gasteiger partial charge in [-0.3, -0.25) is 14.6 Å². The lowest BCUT2D eigenvalue weighted by molar-refractivity contribution is 0.107. The molecular weight excluding hydrogens is 633 g/mol. The zero-order valence-corrected chi connectivity index (χ0v) is 27.1. The molecule has 8 heterocycles. The molecule has 3 fully saturated rings. The molecule has 49 heavy (non-hydrogen) atoms. The first-order valence-corrected chi connectivity index (χ1v) is 17.3. The molecule has 0 aliphatic carbocycles. The molecule has 13 heteroatoms. The van der Waals surface area contributed by atoms with E-state index in [-0.39, 0.29) is 40.7 Å². The van der Waals surface area contributed by atoms with Crippen LogP contribution in [0.4, 0.5) is 19.0 Å². The number of nitrogens with zero attached hydrogens (tertiary/aromatic N) is 8. The Balaban J connectivity index is 1.24. The molecule has 8 bridgehead atoms. The van der Waals surface area contributed by atoms with Gasteiger partial charge in [0.1, 0.15) is 47.1 Å². The van der Waals surface area contributed by atoms with Crippen molar-refractivity contribution in [3.8, 4) is 34.3 Å². The summed E-state index contributed by atoms with van der Waals surface area (Å²) in [6.07, 6.45) is 9.47. The lowest BCUT2D eigenvalue weighted by atomic mass is 9.92. The van der Waals surface area contributed by atoms with Gasteiger partial charge in [-0.25, -0.2) is 13.2 Å². The Bertz CT molecular complexity index is 2090. The van der Waals surface area contributed by atoms with Crippen LogP contribution in [0.25, 0.3) is 44.2 Å². The third-order valence-corrected chi connectivity index (χ3v) is 11.0. The fourth-order valence-electron chi connectivity index (χ4n) is 8.75. The monoisotopic (exact) mass is 670 g/mol. The van der Waals surface area contributed by atoms with Gasteiger partial charge in [0.25, 0.3) is 0 Å². The number of rotatable bonds is 3. The molecule has 3 saturated heterocycles. The predicted octanol–water partition coefficient (Wildman–Crippen LogP) is 6.44. The number of alkyl halides is 1. The van der Waals surface area contributed by atoms with Gasteiger partial charge in [-0.15, -0.1) is 5.10 Å². The molecule has 5 aliphatic heterocycles.